The highest BCUT2D eigenvalue weighted by Gasteiger charge is 2.45. The Balaban J connectivity index is 0.718. The number of carboxylic acids is 1. The molecule has 1 fully saturated rings. The Hall–Kier alpha value is -8.42. The second-order valence-electron chi connectivity index (χ2n) is 21.4. The summed E-state index contributed by atoms with van der Waals surface area (Å²) in [6.07, 6.45) is 9.28. The summed E-state index contributed by atoms with van der Waals surface area (Å²) in [7, 11) is 0. The van der Waals surface area contributed by atoms with Crippen molar-refractivity contribution in [2.24, 2.45) is 5.41 Å². The third-order valence-corrected chi connectivity index (χ3v) is 13.7. The zero-order chi connectivity index (χ0) is 57.4. The van der Waals surface area contributed by atoms with E-state index in [0.717, 1.165) is 0 Å². The molecule has 422 valence electrons. The van der Waals surface area contributed by atoms with E-state index in [2.05, 4.69) is 42.0 Å². The van der Waals surface area contributed by atoms with Crippen molar-refractivity contribution in [1.29, 1.82) is 5.26 Å². The van der Waals surface area contributed by atoms with Crippen molar-refractivity contribution in [3.63, 3.8) is 0 Å². The molecule has 0 unspecified atom stereocenters. The molecule has 1 aromatic carbocycles. The number of nitriles is 1. The molecule has 7 rings (SSSR count). The SMILES string of the molecule is C[C@@H]1CN(c2ncc(-c3ccc4c(n3)N(Cc3cccnc3C#N)C(C)(C)C4=O)cn2)CCN1C(=O)CNC(=O)CCCCOCCOCCCNC(=O)c1cccc(Oc2ccc(C(=O)N[C@@H](CCC(C)(C)C)C(=O)O)cn2)c1. The number of anilines is 2. The van der Waals surface area contributed by atoms with E-state index < -0.39 is 23.5 Å². The molecule has 80 heavy (non-hydrogen) atoms. The fourth-order valence-electron chi connectivity index (χ4n) is 9.07. The number of ketones is 1. The number of Topliss-reactive ketones (excluding diaryl/α,β-unsaturated/α-hetero) is 1. The van der Waals surface area contributed by atoms with Crippen LogP contribution in [0.3, 0.4) is 0 Å². The second-order valence-corrected chi connectivity index (χ2v) is 21.4. The van der Waals surface area contributed by atoms with Crippen LogP contribution >= 0.6 is 0 Å². The van der Waals surface area contributed by atoms with Crippen LogP contribution in [0.25, 0.3) is 11.3 Å². The van der Waals surface area contributed by atoms with Gasteiger partial charge >= 0.3 is 5.97 Å². The smallest absolute Gasteiger partial charge is 0.326 e. The van der Waals surface area contributed by atoms with E-state index in [9.17, 15) is 39.1 Å². The minimum absolute atomic E-state index is 0.0604. The Labute approximate surface area is 465 Å². The molecule has 4 amide bonds. The number of aromatic nitrogens is 5. The summed E-state index contributed by atoms with van der Waals surface area (Å²) in [5, 5.41) is 27.4. The molecule has 2 atom stereocenters. The molecule has 4 aromatic heterocycles. The fourth-order valence-corrected chi connectivity index (χ4v) is 9.07. The van der Waals surface area contributed by atoms with E-state index in [1.165, 1.54) is 18.3 Å². The van der Waals surface area contributed by atoms with Crippen LogP contribution in [0.15, 0.2) is 85.5 Å². The van der Waals surface area contributed by atoms with Gasteiger partial charge in [0.05, 0.1) is 42.1 Å². The first-order valence-corrected chi connectivity index (χ1v) is 26.8. The van der Waals surface area contributed by atoms with Gasteiger partial charge in [0.2, 0.25) is 23.6 Å². The highest BCUT2D eigenvalue weighted by Crippen LogP contribution is 2.40. The third kappa shape index (κ3) is 16.1. The van der Waals surface area contributed by atoms with Gasteiger partial charge in [-0.1, -0.05) is 32.9 Å². The van der Waals surface area contributed by atoms with Gasteiger partial charge in [-0.25, -0.2) is 29.7 Å². The lowest BCUT2D eigenvalue weighted by Gasteiger charge is -2.39. The summed E-state index contributed by atoms with van der Waals surface area (Å²) in [5.41, 5.74) is 2.36. The molecular formula is C58H70N12O10. The maximum atomic E-state index is 13.4. The van der Waals surface area contributed by atoms with E-state index in [0.29, 0.717) is 136 Å². The summed E-state index contributed by atoms with van der Waals surface area (Å²) in [6, 6.07) is 17.7. The first-order valence-electron chi connectivity index (χ1n) is 26.8. The van der Waals surface area contributed by atoms with Crippen LogP contribution in [0.2, 0.25) is 0 Å². The number of nitrogens with one attached hydrogen (secondary N) is 3. The highest BCUT2D eigenvalue weighted by atomic mass is 16.5. The van der Waals surface area contributed by atoms with Gasteiger partial charge in [0.15, 0.2) is 5.78 Å². The first kappa shape index (κ1) is 59.2. The number of carbonyl (C=O) groups is 6. The lowest BCUT2D eigenvalue weighted by Crippen LogP contribution is -2.56. The molecule has 0 spiro atoms. The number of hydrogen-bond donors (Lipinski definition) is 4. The number of ether oxygens (including phenoxy) is 3. The molecule has 6 heterocycles. The van der Waals surface area contributed by atoms with Gasteiger partial charge in [-0.05, 0) is 101 Å². The lowest BCUT2D eigenvalue weighted by atomic mass is 9.88. The lowest BCUT2D eigenvalue weighted by molar-refractivity contribution is -0.139. The number of nitrogens with zero attached hydrogens (tertiary/aromatic N) is 9. The van der Waals surface area contributed by atoms with Crippen LogP contribution in [-0.2, 0) is 30.4 Å². The average Bonchev–Trinajstić information content (AvgIpc) is 3.67. The Kier molecular flexibility index (Phi) is 20.3. The molecule has 22 heteroatoms. The molecular weight excluding hydrogens is 1020 g/mol. The van der Waals surface area contributed by atoms with Crippen LogP contribution in [0.4, 0.5) is 11.8 Å². The number of aliphatic carboxylic acids is 1. The molecule has 0 bridgehead atoms. The maximum Gasteiger partial charge on any atom is 0.326 e. The number of pyridine rings is 3. The number of carbonyl (C=O) groups excluding carboxylic acids is 5. The van der Waals surface area contributed by atoms with Crippen LogP contribution in [0.5, 0.6) is 11.6 Å². The van der Waals surface area contributed by atoms with E-state index in [1.54, 1.807) is 66.0 Å². The van der Waals surface area contributed by atoms with Crippen molar-refractivity contribution in [3.05, 3.63) is 113 Å². The monoisotopic (exact) mass is 1090 g/mol. The van der Waals surface area contributed by atoms with Crippen LogP contribution in [0, 0.1) is 16.7 Å². The maximum absolute atomic E-state index is 13.4. The Morgan fingerprint density at radius 3 is 2.33 bits per heavy atom. The van der Waals surface area contributed by atoms with Crippen LogP contribution in [-0.4, -0.2) is 147 Å². The van der Waals surface area contributed by atoms with Crippen LogP contribution < -0.4 is 30.5 Å². The number of unbranched alkanes of at least 4 members (excludes halogenated alkanes) is 1. The topological polar surface area (TPSA) is 284 Å². The molecule has 0 saturated carbocycles. The average molecular weight is 1100 g/mol. The zero-order valence-corrected chi connectivity index (χ0v) is 46.2. The largest absolute Gasteiger partial charge is 0.480 e. The predicted molar refractivity (Wildman–Crippen MR) is 296 cm³/mol. The van der Waals surface area contributed by atoms with Crippen LogP contribution in [0.1, 0.15) is 122 Å². The van der Waals surface area contributed by atoms with Gasteiger partial charge in [0.25, 0.3) is 11.8 Å². The number of carboxylic acid groups (broad SMARTS) is 1. The van der Waals surface area contributed by atoms with E-state index >= 15 is 0 Å². The molecule has 0 aliphatic carbocycles. The number of piperazine rings is 1. The normalized spacial score (nSPS) is 15.1. The van der Waals surface area contributed by atoms with Crippen molar-refractivity contribution < 1.29 is 48.1 Å². The summed E-state index contributed by atoms with van der Waals surface area (Å²) >= 11 is 0. The Morgan fingerprint density at radius 1 is 0.863 bits per heavy atom. The number of rotatable bonds is 26. The Bertz CT molecular complexity index is 3030. The van der Waals surface area contributed by atoms with Crippen molar-refractivity contribution in [2.75, 3.05) is 69.0 Å². The zero-order valence-electron chi connectivity index (χ0n) is 46.2. The van der Waals surface area contributed by atoms with Crippen molar-refractivity contribution in [2.45, 2.75) is 104 Å². The van der Waals surface area contributed by atoms with Crippen molar-refractivity contribution in [3.8, 4) is 29.0 Å². The molecule has 2 aliphatic heterocycles. The molecule has 5 aromatic rings. The minimum Gasteiger partial charge on any atom is -0.480 e. The van der Waals surface area contributed by atoms with Crippen molar-refractivity contribution >= 4 is 47.1 Å². The predicted octanol–water partition coefficient (Wildman–Crippen LogP) is 6.16. The summed E-state index contributed by atoms with van der Waals surface area (Å²) < 4.78 is 17.1. The van der Waals surface area contributed by atoms with Gasteiger partial charge in [-0.15, -0.1) is 0 Å². The van der Waals surface area contributed by atoms with Crippen molar-refractivity contribution in [1.82, 2.24) is 45.8 Å². The second kappa shape index (κ2) is 27.4. The minimum atomic E-state index is -1.10. The number of fused-ring (bicyclic) bond motifs is 1. The molecule has 4 N–H and O–H groups in total. The van der Waals surface area contributed by atoms with E-state index in [-0.39, 0.29) is 65.9 Å². The quantitative estimate of drug-likeness (QED) is 0.0451. The standard InChI is InChI=1S/C58H70N12O10/c1-38-36-68(56-64-33-42(34-65-56)45-18-17-44-51(73)58(5,6)70(52(44)66-45)37-41-13-10-22-60-47(41)31-59)24-25-69(38)50(72)35-62-48(71)15-7-8-26-78-28-29-79-27-11-23-61-53(74)39-12-9-14-43(30-39)80-49-19-16-40(32-63-49)54(75)67-46(55(76)77)20-21-57(2,3)4/h9-10,12-14,16-19,22,30,32-34,38,46H,7-8,11,15,20-21,23-29,35-37H2,1-6H3,(H,61,74)(H,62,71)(H,67,75)(H,76,77)/t38-,46+/m1/s1. The summed E-state index contributed by atoms with van der Waals surface area (Å²) in [4.78, 5) is 105. The van der Waals surface area contributed by atoms with Gasteiger partial charge in [0.1, 0.15) is 29.4 Å². The van der Waals surface area contributed by atoms with Gasteiger partial charge in [-0.2, -0.15) is 5.26 Å². The number of benzene rings is 1. The number of amides is 4. The first-order chi connectivity index (χ1) is 38.3. The van der Waals surface area contributed by atoms with Gasteiger partial charge in [-0.3, -0.25) is 24.0 Å². The Morgan fingerprint density at radius 2 is 1.62 bits per heavy atom. The summed E-state index contributed by atoms with van der Waals surface area (Å²) in [5.74, 6) is -0.791. The molecule has 0 radical (unpaired) electrons. The highest BCUT2D eigenvalue weighted by molar-refractivity contribution is 6.13. The summed E-state index contributed by atoms with van der Waals surface area (Å²) in [6.45, 7) is 15.3. The van der Waals surface area contributed by atoms with Gasteiger partial charge < -0.3 is 50.0 Å². The third-order valence-electron chi connectivity index (χ3n) is 13.7. The van der Waals surface area contributed by atoms with E-state index in [4.69, 9.17) is 19.2 Å². The molecule has 2 aliphatic rings. The molecule has 22 nitrogen and oxygen atoms in total. The molecule has 1 saturated heterocycles. The fraction of sp³-hybridized carbons (Fsp3) is 0.448. The number of hydrogen-bond acceptors (Lipinski definition) is 17. The van der Waals surface area contributed by atoms with Gasteiger partial charge in [0, 0.05) is 106 Å². The van der Waals surface area contributed by atoms with E-state index in [1.807, 2.05) is 57.4 Å².